The molecule has 0 aliphatic carbocycles. The number of hydrogen-bond acceptors (Lipinski definition) is 11. The van der Waals surface area contributed by atoms with Gasteiger partial charge in [-0.3, -0.25) is 14.5 Å². The summed E-state index contributed by atoms with van der Waals surface area (Å²) in [6.07, 6.45) is 0. The molecule has 1 atom stereocenters. The minimum atomic E-state index is -1.09. The molecule has 1 fully saturated rings. The van der Waals surface area contributed by atoms with E-state index < -0.39 is 17.7 Å². The summed E-state index contributed by atoms with van der Waals surface area (Å²) in [4.78, 5) is 33.5. The Hall–Kier alpha value is -4.97. The van der Waals surface area contributed by atoms with Crippen LogP contribution in [-0.2, 0) is 9.59 Å². The van der Waals surface area contributed by atoms with Crippen molar-refractivity contribution in [2.75, 3.05) is 46.0 Å². The summed E-state index contributed by atoms with van der Waals surface area (Å²) >= 11 is 1.23. The number of aliphatic hydroxyl groups excluding tert-OH is 1. The lowest BCUT2D eigenvalue weighted by Gasteiger charge is -2.25. The first kappa shape index (κ1) is 28.2. The predicted octanol–water partition coefficient (Wildman–Crippen LogP) is 5.12. The van der Waals surface area contributed by atoms with E-state index in [-0.39, 0.29) is 22.0 Å². The lowest BCUT2D eigenvalue weighted by Crippen LogP contribution is -2.29. The Morgan fingerprint density at radius 3 is 2.37 bits per heavy atom. The Labute approximate surface area is 250 Å². The number of Topliss-reactive ketones (excluding diaryl/α,β-unsaturated/α-hetero) is 1. The van der Waals surface area contributed by atoms with Crippen LogP contribution in [0.15, 0.2) is 54.1 Å². The second-order valence-electron chi connectivity index (χ2n) is 9.55. The van der Waals surface area contributed by atoms with Crippen LogP contribution in [0.5, 0.6) is 34.5 Å². The molecule has 0 spiro atoms. The molecule has 12 heteroatoms. The molecule has 0 unspecified atom stereocenters. The first-order chi connectivity index (χ1) is 20.9. The monoisotopic (exact) mass is 604 g/mol. The average Bonchev–Trinajstić information content (AvgIpc) is 3.57. The third-order valence-electron chi connectivity index (χ3n) is 7.13. The van der Waals surface area contributed by atoms with Gasteiger partial charge in [0.1, 0.15) is 24.7 Å². The molecule has 6 rings (SSSR count). The van der Waals surface area contributed by atoms with Crippen molar-refractivity contribution in [1.82, 2.24) is 4.98 Å². The highest BCUT2D eigenvalue weighted by Gasteiger charge is 2.48. The zero-order valence-corrected chi connectivity index (χ0v) is 24.6. The average molecular weight is 605 g/mol. The van der Waals surface area contributed by atoms with Crippen molar-refractivity contribution < 1.29 is 43.1 Å². The van der Waals surface area contributed by atoms with Crippen molar-refractivity contribution in [2.24, 2.45) is 0 Å². The fourth-order valence-corrected chi connectivity index (χ4v) is 6.22. The highest BCUT2D eigenvalue weighted by molar-refractivity contribution is 7.22. The minimum Gasteiger partial charge on any atom is -0.507 e. The van der Waals surface area contributed by atoms with E-state index in [1.54, 1.807) is 42.5 Å². The number of amides is 1. The van der Waals surface area contributed by atoms with Gasteiger partial charge in [-0.2, -0.15) is 0 Å². The lowest BCUT2D eigenvalue weighted by molar-refractivity contribution is -0.132. The SMILES string of the molecule is CCOc1ccc2nc(N3C(=O)C(=O)C(=C(O)c4ccc5c(c4)OCCO5)[C@@H]3c3cc(OC)c(OC)c(OC)c3)sc2c1. The van der Waals surface area contributed by atoms with Crippen LogP contribution in [-0.4, -0.2) is 62.9 Å². The van der Waals surface area contributed by atoms with Gasteiger partial charge in [0.05, 0.1) is 49.8 Å². The van der Waals surface area contributed by atoms with Crippen molar-refractivity contribution in [1.29, 1.82) is 0 Å². The van der Waals surface area contributed by atoms with E-state index in [0.29, 0.717) is 65.4 Å². The Kier molecular flexibility index (Phi) is 7.45. The number of ketones is 1. The molecule has 0 saturated carbocycles. The summed E-state index contributed by atoms with van der Waals surface area (Å²) in [6, 6.07) is 12.4. The van der Waals surface area contributed by atoms with E-state index >= 15 is 0 Å². The smallest absolute Gasteiger partial charge is 0.301 e. The van der Waals surface area contributed by atoms with Crippen molar-refractivity contribution in [3.05, 3.63) is 65.2 Å². The number of hydrogen-bond donors (Lipinski definition) is 1. The molecule has 2 aliphatic rings. The minimum absolute atomic E-state index is 0.134. The van der Waals surface area contributed by atoms with Crippen LogP contribution < -0.4 is 33.3 Å². The quantitative estimate of drug-likeness (QED) is 0.165. The van der Waals surface area contributed by atoms with Crippen LogP contribution in [0.1, 0.15) is 24.1 Å². The number of benzene rings is 3. The largest absolute Gasteiger partial charge is 0.507 e. The van der Waals surface area contributed by atoms with Gasteiger partial charge in [0.2, 0.25) is 5.75 Å². The first-order valence-corrected chi connectivity index (χ1v) is 14.2. The van der Waals surface area contributed by atoms with E-state index in [4.69, 9.17) is 28.4 Å². The summed E-state index contributed by atoms with van der Waals surface area (Å²) < 4.78 is 34.3. The molecule has 1 amide bonds. The van der Waals surface area contributed by atoms with Gasteiger partial charge >= 0.3 is 5.91 Å². The fourth-order valence-electron chi connectivity index (χ4n) is 5.20. The van der Waals surface area contributed by atoms with Gasteiger partial charge in [-0.15, -0.1) is 0 Å². The molecule has 222 valence electrons. The van der Waals surface area contributed by atoms with Crippen LogP contribution in [0, 0.1) is 0 Å². The number of methoxy groups -OCH3 is 3. The second kappa shape index (κ2) is 11.4. The summed E-state index contributed by atoms with van der Waals surface area (Å²) in [5, 5.41) is 11.9. The lowest BCUT2D eigenvalue weighted by atomic mass is 9.94. The maximum absolute atomic E-state index is 13.8. The van der Waals surface area contributed by atoms with Crippen LogP contribution in [0.4, 0.5) is 5.13 Å². The molecule has 11 nitrogen and oxygen atoms in total. The maximum atomic E-state index is 13.8. The molecule has 2 aliphatic heterocycles. The topological polar surface area (TPSA) is 126 Å². The number of aliphatic hydroxyl groups is 1. The molecule has 3 heterocycles. The fraction of sp³-hybridized carbons (Fsp3) is 0.258. The van der Waals surface area contributed by atoms with E-state index in [2.05, 4.69) is 4.98 Å². The molecular formula is C31H28N2O9S. The van der Waals surface area contributed by atoms with Crippen LogP contribution in [0.3, 0.4) is 0 Å². The molecular weight excluding hydrogens is 576 g/mol. The van der Waals surface area contributed by atoms with Crippen LogP contribution in [0.2, 0.25) is 0 Å². The van der Waals surface area contributed by atoms with Gasteiger partial charge in [-0.25, -0.2) is 4.98 Å². The Bertz CT molecular complexity index is 1760. The number of nitrogens with zero attached hydrogens (tertiary/aromatic N) is 2. The Morgan fingerprint density at radius 2 is 1.70 bits per heavy atom. The third kappa shape index (κ3) is 4.83. The number of ether oxygens (including phenoxy) is 6. The van der Waals surface area contributed by atoms with E-state index in [1.807, 2.05) is 13.0 Å². The molecule has 43 heavy (non-hydrogen) atoms. The molecule has 0 bridgehead atoms. The highest BCUT2D eigenvalue weighted by Crippen LogP contribution is 2.48. The summed E-state index contributed by atoms with van der Waals surface area (Å²) in [5.74, 6) is 0.460. The number of anilines is 1. The molecule has 1 aromatic heterocycles. The number of fused-ring (bicyclic) bond motifs is 2. The normalized spacial score (nSPS) is 17.3. The van der Waals surface area contributed by atoms with Gasteiger partial charge in [0.15, 0.2) is 28.1 Å². The number of carbonyl (C=O) groups is 2. The zero-order chi connectivity index (χ0) is 30.2. The van der Waals surface area contributed by atoms with Gasteiger partial charge < -0.3 is 33.5 Å². The third-order valence-corrected chi connectivity index (χ3v) is 8.15. The second-order valence-corrected chi connectivity index (χ2v) is 10.6. The van der Waals surface area contributed by atoms with Crippen LogP contribution >= 0.6 is 11.3 Å². The summed E-state index contributed by atoms with van der Waals surface area (Å²) in [6.45, 7) is 3.13. The Morgan fingerprint density at radius 1 is 0.977 bits per heavy atom. The van der Waals surface area contributed by atoms with E-state index in [9.17, 15) is 14.7 Å². The van der Waals surface area contributed by atoms with Gasteiger partial charge in [0, 0.05) is 5.56 Å². The van der Waals surface area contributed by atoms with Gasteiger partial charge in [-0.05, 0) is 61.0 Å². The number of aromatic nitrogens is 1. The predicted molar refractivity (Wildman–Crippen MR) is 159 cm³/mol. The van der Waals surface area contributed by atoms with E-state index in [1.165, 1.54) is 37.6 Å². The van der Waals surface area contributed by atoms with E-state index in [0.717, 1.165) is 4.70 Å². The molecule has 0 radical (unpaired) electrons. The number of carbonyl (C=O) groups excluding carboxylic acids is 2. The van der Waals surface area contributed by atoms with Crippen molar-refractivity contribution in [3.8, 4) is 34.5 Å². The van der Waals surface area contributed by atoms with Crippen molar-refractivity contribution in [2.45, 2.75) is 13.0 Å². The molecule has 1 N–H and O–H groups in total. The van der Waals surface area contributed by atoms with Crippen molar-refractivity contribution >= 4 is 44.1 Å². The standard InChI is InChI=1S/C31H28N2O9S/c1-5-40-18-7-8-19-24(15-18)43-31(32-19)33-26(17-13-22(37-2)29(39-4)23(14-17)38-3)25(28(35)30(33)36)27(34)16-6-9-20-21(12-16)42-11-10-41-20/h6-9,12-15,26,34H,5,10-11H2,1-4H3/t26-/m0/s1. The summed E-state index contributed by atoms with van der Waals surface area (Å²) in [7, 11) is 4.42. The maximum Gasteiger partial charge on any atom is 0.301 e. The summed E-state index contributed by atoms with van der Waals surface area (Å²) in [5.41, 5.74) is 1.21. The molecule has 3 aromatic carbocycles. The number of thiazole rings is 1. The number of rotatable bonds is 8. The van der Waals surface area contributed by atoms with Gasteiger partial charge in [0.25, 0.3) is 5.78 Å². The highest BCUT2D eigenvalue weighted by atomic mass is 32.1. The zero-order valence-electron chi connectivity index (χ0n) is 23.8. The molecule has 1 saturated heterocycles. The van der Waals surface area contributed by atoms with Crippen LogP contribution in [0.25, 0.3) is 16.0 Å². The Balaban J connectivity index is 1.57. The first-order valence-electron chi connectivity index (χ1n) is 13.4. The van der Waals surface area contributed by atoms with Gasteiger partial charge in [-0.1, -0.05) is 11.3 Å². The molecule has 4 aromatic rings. The van der Waals surface area contributed by atoms with Crippen molar-refractivity contribution in [3.63, 3.8) is 0 Å².